The van der Waals surface area contributed by atoms with Crippen LogP contribution in [0.2, 0.25) is 5.02 Å². The minimum atomic E-state index is -0.769. The molecule has 0 aromatic heterocycles. The van der Waals surface area contributed by atoms with Crippen LogP contribution in [0, 0.1) is 17.7 Å². The minimum absolute atomic E-state index is 0.341. The van der Waals surface area contributed by atoms with Gasteiger partial charge in [-0.2, -0.15) is 0 Å². The molecule has 0 atom stereocenters. The smallest absolute Gasteiger partial charge is 0.134 e. The van der Waals surface area contributed by atoms with Gasteiger partial charge in [-0.25, -0.2) is 8.78 Å². The first-order valence-electron chi connectivity index (χ1n) is 4.50. The Morgan fingerprint density at radius 2 is 1.69 bits per heavy atom. The van der Waals surface area contributed by atoms with E-state index in [1.165, 1.54) is 0 Å². The van der Waals surface area contributed by atoms with Crippen LogP contribution in [-0.4, -0.2) is 0 Å². The van der Waals surface area contributed by atoms with Gasteiger partial charge in [-0.05, 0) is 35.9 Å². The number of hydrogen-bond donors (Lipinski definition) is 1. The van der Waals surface area contributed by atoms with Crippen molar-refractivity contribution in [2.75, 3.05) is 5.73 Å². The summed E-state index contributed by atoms with van der Waals surface area (Å²) in [5.74, 6) is -1.54. The van der Waals surface area contributed by atoms with Crippen LogP contribution in [0.15, 0.2) is 30.3 Å². The summed E-state index contributed by atoms with van der Waals surface area (Å²) in [7, 11) is 0. The number of benzene rings is 2. The van der Waals surface area contributed by atoms with E-state index >= 15 is 0 Å². The van der Waals surface area contributed by atoms with E-state index in [1.54, 1.807) is 18.2 Å². The largest absolute Gasteiger partial charge is 0.398 e. The molecule has 1 nitrogen and oxygen atoms in total. The maximum absolute atomic E-state index is 13.0. The lowest BCUT2D eigenvalue weighted by Crippen LogP contribution is -1.91. The normalized spacial score (nSPS) is 10.4. The molecule has 0 saturated heterocycles. The Balaban J connectivity index is 2.62. The number of hydrogen-bond acceptors (Lipinski definition) is 1. The van der Waals surface area contributed by atoms with E-state index in [4.69, 9.17) is 17.3 Å². The molecule has 1 radical (unpaired) electrons. The summed E-state index contributed by atoms with van der Waals surface area (Å²) in [6.45, 7) is 0. The first kappa shape index (κ1) is 10.9. The summed E-state index contributed by atoms with van der Waals surface area (Å²) in [5, 5.41) is 0.456. The van der Waals surface area contributed by atoms with Crippen molar-refractivity contribution in [1.29, 1.82) is 0 Å². The lowest BCUT2D eigenvalue weighted by atomic mass is 10.0. The molecule has 0 unspecified atom stereocenters. The number of rotatable bonds is 1. The van der Waals surface area contributed by atoms with Crippen LogP contribution in [-0.2, 0) is 0 Å². The van der Waals surface area contributed by atoms with E-state index in [9.17, 15) is 8.78 Å². The molecule has 0 bridgehead atoms. The van der Waals surface area contributed by atoms with Crippen LogP contribution in [0.3, 0.4) is 0 Å². The Hall–Kier alpha value is -1.61. The Morgan fingerprint density at radius 3 is 2.31 bits per heavy atom. The molecule has 0 amide bonds. The van der Waals surface area contributed by atoms with Crippen molar-refractivity contribution < 1.29 is 8.78 Å². The van der Waals surface area contributed by atoms with Crippen LogP contribution < -0.4 is 5.73 Å². The average molecular weight is 239 g/mol. The highest BCUT2D eigenvalue weighted by atomic mass is 35.5. The lowest BCUT2D eigenvalue weighted by Gasteiger charge is -2.06. The Morgan fingerprint density at radius 1 is 1.06 bits per heavy atom. The highest BCUT2D eigenvalue weighted by Crippen LogP contribution is 2.29. The predicted octanol–water partition coefficient (Wildman–Crippen LogP) is 3.67. The Kier molecular flexibility index (Phi) is 2.79. The molecule has 2 aromatic rings. The van der Waals surface area contributed by atoms with E-state index < -0.39 is 11.6 Å². The van der Waals surface area contributed by atoms with Gasteiger partial charge in [-0.15, -0.1) is 0 Å². The molecule has 16 heavy (non-hydrogen) atoms. The van der Waals surface area contributed by atoms with Crippen LogP contribution in [0.4, 0.5) is 14.5 Å². The SMILES string of the molecule is Nc1ccc(Cl)cc1-c1cc(F)[c]c(F)c1. The van der Waals surface area contributed by atoms with Crippen molar-refractivity contribution in [2.45, 2.75) is 0 Å². The van der Waals surface area contributed by atoms with E-state index in [2.05, 4.69) is 0 Å². The van der Waals surface area contributed by atoms with Crippen LogP contribution in [0.25, 0.3) is 11.1 Å². The molecule has 0 saturated carbocycles. The molecule has 0 heterocycles. The van der Waals surface area contributed by atoms with Crippen LogP contribution >= 0.6 is 11.6 Å². The monoisotopic (exact) mass is 238 g/mol. The van der Waals surface area contributed by atoms with Crippen molar-refractivity contribution in [3.05, 3.63) is 53.1 Å². The first-order valence-corrected chi connectivity index (χ1v) is 4.88. The summed E-state index contributed by atoms with van der Waals surface area (Å²) in [6.07, 6.45) is 0. The van der Waals surface area contributed by atoms with E-state index in [0.717, 1.165) is 12.1 Å². The van der Waals surface area contributed by atoms with Gasteiger partial charge in [0, 0.05) is 16.3 Å². The van der Waals surface area contributed by atoms with Gasteiger partial charge in [0.1, 0.15) is 11.6 Å². The molecule has 2 rings (SSSR count). The fraction of sp³-hybridized carbons (Fsp3) is 0. The molecular formula is C12H7ClF2N. The van der Waals surface area contributed by atoms with Crippen molar-refractivity contribution >= 4 is 17.3 Å². The number of nitrogens with two attached hydrogens (primary N) is 1. The maximum atomic E-state index is 13.0. The van der Waals surface area contributed by atoms with E-state index in [1.807, 2.05) is 6.07 Å². The fourth-order valence-electron chi connectivity index (χ4n) is 1.43. The number of halogens is 3. The van der Waals surface area contributed by atoms with Gasteiger partial charge in [-0.3, -0.25) is 0 Å². The molecule has 2 aromatic carbocycles. The zero-order valence-corrected chi connectivity index (χ0v) is 8.85. The Bertz CT molecular complexity index is 520. The summed E-state index contributed by atoms with van der Waals surface area (Å²) < 4.78 is 26.0. The highest BCUT2D eigenvalue weighted by molar-refractivity contribution is 6.31. The zero-order valence-electron chi connectivity index (χ0n) is 8.10. The van der Waals surface area contributed by atoms with Crippen molar-refractivity contribution in [1.82, 2.24) is 0 Å². The van der Waals surface area contributed by atoms with E-state index in [-0.39, 0.29) is 0 Å². The quantitative estimate of drug-likeness (QED) is 0.754. The van der Waals surface area contributed by atoms with Gasteiger partial charge in [0.15, 0.2) is 0 Å². The standard InChI is InChI=1S/C12H7ClF2N/c13-8-1-2-12(16)11(5-8)7-3-9(14)6-10(15)4-7/h1-5H,16H2. The van der Waals surface area contributed by atoms with Crippen molar-refractivity contribution in [3.8, 4) is 11.1 Å². The van der Waals surface area contributed by atoms with Crippen molar-refractivity contribution in [3.63, 3.8) is 0 Å². The summed E-state index contributed by atoms with van der Waals surface area (Å²) in [4.78, 5) is 0. The molecule has 2 N–H and O–H groups in total. The summed E-state index contributed by atoms with van der Waals surface area (Å²) in [6, 6.07) is 8.98. The van der Waals surface area contributed by atoms with Gasteiger partial charge in [0.2, 0.25) is 0 Å². The molecular weight excluding hydrogens is 232 g/mol. The second-order valence-electron chi connectivity index (χ2n) is 3.30. The Labute approximate surface area is 96.5 Å². The van der Waals surface area contributed by atoms with Gasteiger partial charge >= 0.3 is 0 Å². The van der Waals surface area contributed by atoms with Gasteiger partial charge < -0.3 is 5.73 Å². The molecule has 0 spiro atoms. The molecule has 4 heteroatoms. The van der Waals surface area contributed by atoms with Crippen LogP contribution in [0.5, 0.6) is 0 Å². The third kappa shape index (κ3) is 2.14. The molecule has 81 valence electrons. The number of anilines is 1. The van der Waals surface area contributed by atoms with E-state index in [0.29, 0.717) is 21.8 Å². The average Bonchev–Trinajstić information content (AvgIpc) is 2.20. The molecule has 0 fully saturated rings. The summed E-state index contributed by atoms with van der Waals surface area (Å²) >= 11 is 5.80. The fourth-order valence-corrected chi connectivity index (χ4v) is 1.61. The maximum Gasteiger partial charge on any atom is 0.134 e. The molecule has 0 aliphatic heterocycles. The van der Waals surface area contributed by atoms with Crippen molar-refractivity contribution in [2.24, 2.45) is 0 Å². The molecule has 0 aliphatic rings. The summed E-state index contributed by atoms with van der Waals surface area (Å²) in [5.41, 5.74) is 6.96. The third-order valence-corrected chi connectivity index (χ3v) is 2.36. The molecule has 0 aliphatic carbocycles. The second-order valence-corrected chi connectivity index (χ2v) is 3.73. The number of nitrogen functional groups attached to an aromatic ring is 1. The van der Waals surface area contributed by atoms with Crippen LogP contribution in [0.1, 0.15) is 0 Å². The predicted molar refractivity (Wildman–Crippen MR) is 60.1 cm³/mol. The zero-order chi connectivity index (χ0) is 11.7. The van der Waals surface area contributed by atoms with Gasteiger partial charge in [-0.1, -0.05) is 11.6 Å². The van der Waals surface area contributed by atoms with Gasteiger partial charge in [0.25, 0.3) is 0 Å². The second kappa shape index (κ2) is 4.10. The first-order chi connectivity index (χ1) is 7.56. The lowest BCUT2D eigenvalue weighted by molar-refractivity contribution is 0.580. The third-order valence-electron chi connectivity index (χ3n) is 2.13. The van der Waals surface area contributed by atoms with Gasteiger partial charge in [0.05, 0.1) is 6.07 Å². The topological polar surface area (TPSA) is 26.0 Å². The minimum Gasteiger partial charge on any atom is -0.398 e. The highest BCUT2D eigenvalue weighted by Gasteiger charge is 2.07.